The SMILES string of the molecule is COC(=O)C(=O)C1(NC(=O)[C@@H]2[C@@H]3[C@H](CN2C(=O)[C@@H](NC(=O)OC(C)(C)C)C(C)C)C3(C)C)CC1. The van der Waals surface area contributed by atoms with Crippen LogP contribution in [0, 0.1) is 23.2 Å². The lowest BCUT2D eigenvalue weighted by Crippen LogP contribution is -2.59. The Morgan fingerprint density at radius 1 is 1.06 bits per heavy atom. The van der Waals surface area contributed by atoms with E-state index in [1.165, 1.54) is 4.90 Å². The van der Waals surface area contributed by atoms with Crippen molar-refractivity contribution in [1.82, 2.24) is 15.5 Å². The van der Waals surface area contributed by atoms with E-state index in [-0.39, 0.29) is 29.1 Å². The van der Waals surface area contributed by atoms with Gasteiger partial charge in [0, 0.05) is 6.54 Å². The molecule has 0 spiro atoms. The lowest BCUT2D eigenvalue weighted by Gasteiger charge is -2.35. The number of Topliss-reactive ketones (excluding diaryl/α,β-unsaturated/α-hetero) is 1. The number of alkyl carbamates (subject to hydrolysis) is 1. The average molecular weight is 480 g/mol. The molecule has 2 N–H and O–H groups in total. The van der Waals surface area contributed by atoms with E-state index in [4.69, 9.17) is 4.74 Å². The fraction of sp³-hybridized carbons (Fsp3) is 0.792. The summed E-state index contributed by atoms with van der Waals surface area (Å²) < 4.78 is 9.86. The molecule has 10 heteroatoms. The third kappa shape index (κ3) is 4.77. The van der Waals surface area contributed by atoms with Crippen LogP contribution in [-0.4, -0.2) is 71.4 Å². The minimum Gasteiger partial charge on any atom is -0.463 e. The van der Waals surface area contributed by atoms with Crippen molar-refractivity contribution in [3.63, 3.8) is 0 Å². The molecule has 1 saturated heterocycles. The Labute approximate surface area is 200 Å². The number of hydrogen-bond acceptors (Lipinski definition) is 7. The van der Waals surface area contributed by atoms with Gasteiger partial charge >= 0.3 is 12.1 Å². The number of carbonyl (C=O) groups is 5. The minimum absolute atomic E-state index is 0.0742. The molecular formula is C24H37N3O7. The summed E-state index contributed by atoms with van der Waals surface area (Å²) in [4.78, 5) is 65.1. The van der Waals surface area contributed by atoms with Crippen molar-refractivity contribution in [2.24, 2.45) is 23.2 Å². The molecule has 0 bridgehead atoms. The maximum atomic E-state index is 13.6. The lowest BCUT2D eigenvalue weighted by molar-refractivity contribution is -0.154. The van der Waals surface area contributed by atoms with Gasteiger partial charge in [0.15, 0.2) is 0 Å². The third-order valence-corrected chi connectivity index (χ3v) is 7.28. The molecule has 10 nitrogen and oxygen atoms in total. The van der Waals surface area contributed by atoms with Crippen LogP contribution in [-0.2, 0) is 28.7 Å². The van der Waals surface area contributed by atoms with Gasteiger partial charge in [-0.2, -0.15) is 0 Å². The van der Waals surface area contributed by atoms with Gasteiger partial charge in [0.05, 0.1) is 7.11 Å². The molecule has 3 rings (SSSR count). The predicted molar refractivity (Wildman–Crippen MR) is 121 cm³/mol. The van der Waals surface area contributed by atoms with E-state index in [1.54, 1.807) is 20.8 Å². The highest BCUT2D eigenvalue weighted by atomic mass is 16.6. The molecule has 3 aliphatic rings. The minimum atomic E-state index is -1.26. The van der Waals surface area contributed by atoms with Crippen LogP contribution >= 0.6 is 0 Å². The first kappa shape index (κ1) is 26.0. The Balaban J connectivity index is 1.79. The number of amides is 3. The molecule has 1 aliphatic heterocycles. The van der Waals surface area contributed by atoms with Crippen molar-refractivity contribution >= 4 is 29.7 Å². The Hall–Kier alpha value is -2.65. The lowest BCUT2D eigenvalue weighted by atomic mass is 9.97. The zero-order valence-corrected chi connectivity index (χ0v) is 21.3. The van der Waals surface area contributed by atoms with E-state index in [2.05, 4.69) is 29.2 Å². The summed E-state index contributed by atoms with van der Waals surface area (Å²) in [6.45, 7) is 13.3. The highest BCUT2D eigenvalue weighted by molar-refractivity contribution is 6.38. The van der Waals surface area contributed by atoms with Crippen LogP contribution in [0.25, 0.3) is 0 Å². The van der Waals surface area contributed by atoms with E-state index >= 15 is 0 Å². The Morgan fingerprint density at radius 3 is 2.12 bits per heavy atom. The molecule has 4 atom stereocenters. The highest BCUT2D eigenvalue weighted by Crippen LogP contribution is 2.65. The number of ether oxygens (including phenoxy) is 2. The van der Waals surface area contributed by atoms with Crippen molar-refractivity contribution in [2.75, 3.05) is 13.7 Å². The molecule has 0 aromatic heterocycles. The van der Waals surface area contributed by atoms with E-state index in [1.807, 2.05) is 13.8 Å². The van der Waals surface area contributed by atoms with Gasteiger partial charge in [-0.25, -0.2) is 9.59 Å². The number of fused-ring (bicyclic) bond motifs is 1. The van der Waals surface area contributed by atoms with Crippen LogP contribution < -0.4 is 10.6 Å². The summed E-state index contributed by atoms with van der Waals surface area (Å²) in [5, 5.41) is 5.41. The maximum Gasteiger partial charge on any atom is 0.408 e. The molecule has 0 aromatic carbocycles. The van der Waals surface area contributed by atoms with Crippen LogP contribution in [0.15, 0.2) is 0 Å². The third-order valence-electron chi connectivity index (χ3n) is 7.28. The Kier molecular flexibility index (Phi) is 6.52. The van der Waals surface area contributed by atoms with Gasteiger partial charge in [-0.3, -0.25) is 14.4 Å². The average Bonchev–Trinajstić information content (AvgIpc) is 3.52. The first-order valence-corrected chi connectivity index (χ1v) is 11.8. The summed E-state index contributed by atoms with van der Waals surface area (Å²) in [5.74, 6) is -2.79. The quantitative estimate of drug-likeness (QED) is 0.417. The summed E-state index contributed by atoms with van der Waals surface area (Å²) >= 11 is 0. The molecule has 0 aromatic rings. The van der Waals surface area contributed by atoms with E-state index in [9.17, 15) is 24.0 Å². The predicted octanol–water partition coefficient (Wildman–Crippen LogP) is 1.41. The van der Waals surface area contributed by atoms with E-state index < -0.39 is 47.0 Å². The second-order valence-electron chi connectivity index (χ2n) is 11.6. The van der Waals surface area contributed by atoms with Crippen LogP contribution in [0.1, 0.15) is 61.3 Å². The number of methoxy groups -OCH3 is 1. The van der Waals surface area contributed by atoms with Crippen molar-refractivity contribution in [2.45, 2.75) is 84.5 Å². The Bertz CT molecular complexity index is 901. The largest absolute Gasteiger partial charge is 0.463 e. The number of nitrogens with one attached hydrogen (secondary N) is 2. The number of rotatable bonds is 7. The molecular weight excluding hydrogens is 442 g/mol. The van der Waals surface area contributed by atoms with Crippen LogP contribution in [0.3, 0.4) is 0 Å². The van der Waals surface area contributed by atoms with Gasteiger partial charge in [-0.15, -0.1) is 0 Å². The zero-order valence-electron chi connectivity index (χ0n) is 21.3. The summed E-state index contributed by atoms with van der Waals surface area (Å²) in [7, 11) is 1.12. The number of ketones is 1. The fourth-order valence-corrected chi connectivity index (χ4v) is 5.07. The van der Waals surface area contributed by atoms with Crippen molar-refractivity contribution < 1.29 is 33.4 Å². The summed E-state index contributed by atoms with van der Waals surface area (Å²) in [5.41, 5.74) is -2.11. The van der Waals surface area contributed by atoms with Gasteiger partial charge in [-0.1, -0.05) is 27.7 Å². The molecule has 190 valence electrons. The van der Waals surface area contributed by atoms with Gasteiger partial charge in [-0.05, 0) is 56.8 Å². The van der Waals surface area contributed by atoms with Crippen molar-refractivity contribution in [3.05, 3.63) is 0 Å². The standard InChI is InChI=1S/C24H37N3O7/c1-12(2)15(25-21(32)34-22(3,4)5)19(30)27-11-13-14(23(13,6)7)16(27)18(29)26-24(9-10-24)17(28)20(31)33-8/h12-16H,9-11H2,1-8H3,(H,25,32)(H,26,29)/t13-,14-,15-,16-/m0/s1. The molecule has 0 unspecified atom stereocenters. The fourth-order valence-electron chi connectivity index (χ4n) is 5.07. The number of hydrogen-bond donors (Lipinski definition) is 2. The second kappa shape index (κ2) is 8.53. The smallest absolute Gasteiger partial charge is 0.408 e. The van der Waals surface area contributed by atoms with Gasteiger partial charge in [0.1, 0.15) is 23.2 Å². The van der Waals surface area contributed by atoms with Gasteiger partial charge < -0.3 is 25.0 Å². The van der Waals surface area contributed by atoms with Gasteiger partial charge in [0.25, 0.3) is 5.78 Å². The Morgan fingerprint density at radius 2 is 1.65 bits per heavy atom. The van der Waals surface area contributed by atoms with Gasteiger partial charge in [0.2, 0.25) is 11.8 Å². The molecule has 3 amide bonds. The molecule has 1 heterocycles. The number of nitrogens with zero attached hydrogens (tertiary/aromatic N) is 1. The van der Waals surface area contributed by atoms with Crippen LogP contribution in [0.2, 0.25) is 0 Å². The topological polar surface area (TPSA) is 131 Å². The molecule has 3 fully saturated rings. The second-order valence-corrected chi connectivity index (χ2v) is 11.6. The molecule has 0 radical (unpaired) electrons. The highest BCUT2D eigenvalue weighted by Gasteiger charge is 2.70. The molecule has 34 heavy (non-hydrogen) atoms. The number of esters is 1. The van der Waals surface area contributed by atoms with E-state index in [0.717, 1.165) is 7.11 Å². The van der Waals surface area contributed by atoms with Crippen molar-refractivity contribution in [3.8, 4) is 0 Å². The summed E-state index contributed by atoms with van der Waals surface area (Å²) in [6.07, 6.45) is -0.00918. The van der Waals surface area contributed by atoms with Crippen molar-refractivity contribution in [1.29, 1.82) is 0 Å². The molecule has 2 saturated carbocycles. The molecule has 2 aliphatic carbocycles. The monoisotopic (exact) mass is 479 g/mol. The van der Waals surface area contributed by atoms with Crippen LogP contribution in [0.4, 0.5) is 4.79 Å². The maximum absolute atomic E-state index is 13.6. The van der Waals surface area contributed by atoms with E-state index in [0.29, 0.717) is 19.4 Å². The first-order chi connectivity index (χ1) is 15.6. The number of piperidine rings is 1. The normalized spacial score (nSPS) is 26.7. The number of likely N-dealkylation sites (tertiary alicyclic amines) is 1. The number of carbonyl (C=O) groups excluding carboxylic acids is 5. The first-order valence-electron chi connectivity index (χ1n) is 11.8. The summed E-state index contributed by atoms with van der Waals surface area (Å²) in [6, 6.07) is -1.67. The zero-order chi connectivity index (χ0) is 25.8. The van der Waals surface area contributed by atoms with Crippen LogP contribution in [0.5, 0.6) is 0 Å².